The number of para-hydroxylation sites is 2. The molecule has 6 rings (SSSR count). The number of imidazole rings is 1. The van der Waals surface area contributed by atoms with Gasteiger partial charge in [-0.1, -0.05) is 12.1 Å². The molecule has 0 saturated carbocycles. The predicted molar refractivity (Wildman–Crippen MR) is 116 cm³/mol. The van der Waals surface area contributed by atoms with E-state index in [1.807, 2.05) is 24.4 Å². The number of benzene rings is 1. The van der Waals surface area contributed by atoms with Crippen molar-refractivity contribution in [3.05, 3.63) is 49.0 Å². The van der Waals surface area contributed by atoms with Crippen molar-refractivity contribution >= 4 is 33.4 Å². The fraction of sp³-hybridized carbons (Fsp3) is 0.273. The van der Waals surface area contributed by atoms with Crippen LogP contribution in [-0.2, 0) is 0 Å². The molecule has 150 valence electrons. The molecule has 30 heavy (non-hydrogen) atoms. The quantitative estimate of drug-likeness (QED) is 0.488. The minimum atomic E-state index is 0.408. The number of fused-ring (bicyclic) bond motifs is 5. The molecule has 5 heterocycles. The molecule has 1 aliphatic rings. The number of rotatable bonds is 2. The summed E-state index contributed by atoms with van der Waals surface area (Å²) in [6.45, 7) is 6.30. The van der Waals surface area contributed by atoms with Crippen LogP contribution in [0.15, 0.2) is 53.4 Å². The zero-order chi connectivity index (χ0) is 20.2. The van der Waals surface area contributed by atoms with E-state index in [9.17, 15) is 0 Å². The van der Waals surface area contributed by atoms with Gasteiger partial charge in [0.05, 0.1) is 16.6 Å². The third kappa shape index (κ3) is 2.57. The minimum Gasteiger partial charge on any atom is -0.423 e. The molecule has 0 radical (unpaired) electrons. The maximum Gasteiger partial charge on any atom is 0.251 e. The minimum absolute atomic E-state index is 0.408. The first kappa shape index (κ1) is 17.3. The molecule has 1 fully saturated rings. The highest BCUT2D eigenvalue weighted by Crippen LogP contribution is 2.35. The van der Waals surface area contributed by atoms with Crippen LogP contribution >= 0.6 is 0 Å². The Bertz CT molecular complexity index is 1370. The van der Waals surface area contributed by atoms with Gasteiger partial charge in [0.1, 0.15) is 5.65 Å². The molecule has 4 aromatic heterocycles. The summed E-state index contributed by atoms with van der Waals surface area (Å²) in [6, 6.07) is 13.1. The monoisotopic (exact) mass is 399 g/mol. The van der Waals surface area contributed by atoms with Crippen LogP contribution in [0.2, 0.25) is 0 Å². The zero-order valence-electron chi connectivity index (χ0n) is 16.8. The van der Waals surface area contributed by atoms with E-state index in [-0.39, 0.29) is 0 Å². The van der Waals surface area contributed by atoms with Crippen LogP contribution in [0.5, 0.6) is 0 Å². The molecular weight excluding hydrogens is 378 g/mol. The van der Waals surface area contributed by atoms with E-state index in [0.717, 1.165) is 52.1 Å². The van der Waals surface area contributed by atoms with E-state index in [4.69, 9.17) is 14.4 Å². The lowest BCUT2D eigenvalue weighted by atomic mass is 10.1. The molecule has 1 aliphatic heterocycles. The van der Waals surface area contributed by atoms with Crippen molar-refractivity contribution in [2.45, 2.75) is 25.9 Å². The summed E-state index contributed by atoms with van der Waals surface area (Å²) in [4.78, 5) is 12.0. The van der Waals surface area contributed by atoms with E-state index in [2.05, 4.69) is 56.9 Å². The molecule has 0 bridgehead atoms. The fourth-order valence-electron chi connectivity index (χ4n) is 4.65. The molecule has 2 unspecified atom stereocenters. The number of piperazine rings is 1. The third-order valence-electron chi connectivity index (χ3n) is 5.74. The molecule has 8 nitrogen and oxygen atoms in total. The van der Waals surface area contributed by atoms with Crippen molar-refractivity contribution in [2.75, 3.05) is 18.0 Å². The molecule has 1 N–H and O–H groups in total. The molecule has 5 aromatic rings. The van der Waals surface area contributed by atoms with E-state index >= 15 is 0 Å². The second-order valence-electron chi connectivity index (χ2n) is 8.00. The van der Waals surface area contributed by atoms with Crippen molar-refractivity contribution < 1.29 is 4.42 Å². The number of hydrogen-bond donors (Lipinski definition) is 1. The summed E-state index contributed by atoms with van der Waals surface area (Å²) in [5.41, 5.74) is 5.51. The van der Waals surface area contributed by atoms with Gasteiger partial charge in [0.15, 0.2) is 5.65 Å². The number of anilines is 1. The van der Waals surface area contributed by atoms with Crippen LogP contribution in [0.4, 0.5) is 5.69 Å². The van der Waals surface area contributed by atoms with Crippen molar-refractivity contribution in [3.63, 3.8) is 0 Å². The van der Waals surface area contributed by atoms with Crippen molar-refractivity contribution in [1.29, 1.82) is 0 Å². The van der Waals surface area contributed by atoms with Gasteiger partial charge in [-0.2, -0.15) is 0 Å². The smallest absolute Gasteiger partial charge is 0.251 e. The molecule has 0 amide bonds. The van der Waals surface area contributed by atoms with Crippen molar-refractivity contribution in [3.8, 4) is 11.5 Å². The third-order valence-corrected chi connectivity index (χ3v) is 5.74. The number of nitrogens with zero attached hydrogens (tertiary/aromatic N) is 6. The Balaban J connectivity index is 1.71. The highest BCUT2D eigenvalue weighted by atomic mass is 16.4. The number of aromatic nitrogens is 5. The maximum absolute atomic E-state index is 5.57. The zero-order valence-corrected chi connectivity index (χ0v) is 16.8. The van der Waals surface area contributed by atoms with Crippen molar-refractivity contribution in [1.82, 2.24) is 29.9 Å². The highest BCUT2D eigenvalue weighted by Gasteiger charge is 2.25. The van der Waals surface area contributed by atoms with Crippen LogP contribution in [0.3, 0.4) is 0 Å². The van der Waals surface area contributed by atoms with Crippen LogP contribution < -0.4 is 10.2 Å². The number of pyridine rings is 2. The molecule has 8 heteroatoms. The standard InChI is InChI=1S/C22H21N7O/c1-13-10-28(11-14(2)25-13)18-7-8-23-20-15(18)9-16(22-27-24-12-30-22)21-26-17-5-3-4-6-19(17)29(20)21/h3-9,12-14,25H,10-11H2,1-2H3. The molecule has 0 spiro atoms. The highest BCUT2D eigenvalue weighted by molar-refractivity contribution is 6.00. The van der Waals surface area contributed by atoms with Crippen molar-refractivity contribution in [2.24, 2.45) is 0 Å². The van der Waals surface area contributed by atoms with Crippen LogP contribution in [0.1, 0.15) is 13.8 Å². The first-order valence-electron chi connectivity index (χ1n) is 10.2. The Hall–Kier alpha value is -3.52. The van der Waals surface area contributed by atoms with Gasteiger partial charge >= 0.3 is 0 Å². The number of hydrogen-bond acceptors (Lipinski definition) is 7. The summed E-state index contributed by atoms with van der Waals surface area (Å²) in [5, 5.41) is 12.7. The van der Waals surface area contributed by atoms with Crippen LogP contribution in [0, 0.1) is 0 Å². The van der Waals surface area contributed by atoms with Gasteiger partial charge in [-0.15, -0.1) is 10.2 Å². The van der Waals surface area contributed by atoms with Gasteiger partial charge in [0, 0.05) is 42.4 Å². The Morgan fingerprint density at radius 3 is 2.70 bits per heavy atom. The summed E-state index contributed by atoms with van der Waals surface area (Å²) < 4.78 is 7.67. The second-order valence-corrected chi connectivity index (χ2v) is 8.00. The maximum atomic E-state index is 5.57. The Morgan fingerprint density at radius 1 is 1.07 bits per heavy atom. The normalized spacial score (nSPS) is 19.9. The first-order chi connectivity index (χ1) is 14.7. The SMILES string of the molecule is CC1CN(c2ccnc3c2cc(-c2nnco2)c2nc4ccccc4n23)CC(C)N1. The molecule has 1 saturated heterocycles. The van der Waals surface area contributed by atoms with Gasteiger partial charge < -0.3 is 14.6 Å². The van der Waals surface area contributed by atoms with Gasteiger partial charge in [-0.25, -0.2) is 9.97 Å². The Kier molecular flexibility index (Phi) is 3.76. The largest absolute Gasteiger partial charge is 0.423 e. The summed E-state index contributed by atoms with van der Waals surface area (Å²) in [5.74, 6) is 0.453. The summed E-state index contributed by atoms with van der Waals surface area (Å²) >= 11 is 0. The van der Waals surface area contributed by atoms with Crippen LogP contribution in [0.25, 0.3) is 39.2 Å². The number of nitrogens with one attached hydrogen (secondary N) is 1. The van der Waals surface area contributed by atoms with E-state index < -0.39 is 0 Å². The van der Waals surface area contributed by atoms with Gasteiger partial charge in [-0.05, 0) is 38.1 Å². The summed E-state index contributed by atoms with van der Waals surface area (Å²) in [6.07, 6.45) is 3.23. The lowest BCUT2D eigenvalue weighted by Crippen LogP contribution is -2.54. The van der Waals surface area contributed by atoms with Gasteiger partial charge in [-0.3, -0.25) is 4.40 Å². The average Bonchev–Trinajstić information content (AvgIpc) is 3.40. The lowest BCUT2D eigenvalue weighted by molar-refractivity contribution is 0.407. The molecular formula is C22H21N7O. The first-order valence-corrected chi connectivity index (χ1v) is 10.2. The molecule has 1 aromatic carbocycles. The molecule has 2 atom stereocenters. The van der Waals surface area contributed by atoms with E-state index in [1.165, 1.54) is 6.39 Å². The van der Waals surface area contributed by atoms with E-state index in [1.54, 1.807) is 0 Å². The van der Waals surface area contributed by atoms with Gasteiger partial charge in [0.2, 0.25) is 6.39 Å². The Morgan fingerprint density at radius 2 is 1.90 bits per heavy atom. The van der Waals surface area contributed by atoms with Crippen LogP contribution in [-0.4, -0.2) is 49.7 Å². The average molecular weight is 399 g/mol. The van der Waals surface area contributed by atoms with Gasteiger partial charge in [0.25, 0.3) is 5.89 Å². The van der Waals surface area contributed by atoms with E-state index in [0.29, 0.717) is 18.0 Å². The second kappa shape index (κ2) is 6.50. The molecule has 0 aliphatic carbocycles. The summed E-state index contributed by atoms with van der Waals surface area (Å²) in [7, 11) is 0. The fourth-order valence-corrected chi connectivity index (χ4v) is 4.65. The lowest BCUT2D eigenvalue weighted by Gasteiger charge is -2.38. The predicted octanol–water partition coefficient (Wildman–Crippen LogP) is 3.27. The topological polar surface area (TPSA) is 84.4 Å². The Labute approximate surface area is 172 Å².